The van der Waals surface area contributed by atoms with Crippen LogP contribution in [0, 0.1) is 0 Å². The van der Waals surface area contributed by atoms with Gasteiger partial charge in [-0.05, 0) is 26.8 Å². The second-order valence-electron chi connectivity index (χ2n) is 4.34. The molecule has 0 saturated carbocycles. The largest absolute Gasteiger partial charge is 0.457 e. The third-order valence-electron chi connectivity index (χ3n) is 1.67. The minimum atomic E-state index is -0.507. The van der Waals surface area contributed by atoms with E-state index in [0.717, 1.165) is 4.73 Å². The summed E-state index contributed by atoms with van der Waals surface area (Å²) >= 11 is 0. The van der Waals surface area contributed by atoms with Crippen molar-refractivity contribution in [2.24, 2.45) is 0 Å². The Labute approximate surface area is 94.7 Å². The van der Waals surface area contributed by atoms with Gasteiger partial charge in [-0.25, -0.2) is 4.79 Å². The lowest BCUT2D eigenvalue weighted by molar-refractivity contribution is -0.905. The number of pyridine rings is 1. The molecule has 0 aliphatic rings. The van der Waals surface area contributed by atoms with Gasteiger partial charge >= 0.3 is 5.97 Å². The molecule has 16 heavy (non-hydrogen) atoms. The van der Waals surface area contributed by atoms with Crippen LogP contribution in [0.2, 0.25) is 0 Å². The second-order valence-corrected chi connectivity index (χ2v) is 4.34. The topological polar surface area (TPSA) is 50.4 Å². The zero-order valence-electron chi connectivity index (χ0n) is 9.68. The second kappa shape index (κ2) is 4.79. The third-order valence-corrected chi connectivity index (χ3v) is 1.67. The van der Waals surface area contributed by atoms with Crippen LogP contribution in [0.5, 0.6) is 0 Å². The van der Waals surface area contributed by atoms with Crippen LogP contribution in [-0.4, -0.2) is 16.8 Å². The number of carbonyl (C=O) groups excluding carboxylic acids is 1. The smallest absolute Gasteiger partial charge is 0.331 e. The first kappa shape index (κ1) is 12.2. The van der Waals surface area contributed by atoms with Gasteiger partial charge in [0.05, 0.1) is 0 Å². The van der Waals surface area contributed by atoms with Crippen LogP contribution in [0.1, 0.15) is 26.5 Å². The van der Waals surface area contributed by atoms with Crippen LogP contribution < -0.4 is 4.73 Å². The molecule has 0 amide bonds. The van der Waals surface area contributed by atoms with Gasteiger partial charge in [0.15, 0.2) is 0 Å². The molecule has 0 saturated heterocycles. The Kier molecular flexibility index (Phi) is 3.66. The molecule has 1 heterocycles. The quantitative estimate of drug-likeness (QED) is 0.357. The van der Waals surface area contributed by atoms with Crippen molar-refractivity contribution < 1.29 is 19.5 Å². The molecule has 4 heteroatoms. The highest BCUT2D eigenvalue weighted by molar-refractivity contribution is 5.86. The lowest BCUT2D eigenvalue weighted by Crippen LogP contribution is -2.32. The van der Waals surface area contributed by atoms with Gasteiger partial charge in [0.2, 0.25) is 6.20 Å². The lowest BCUT2D eigenvalue weighted by Gasteiger charge is -2.17. The zero-order chi connectivity index (χ0) is 12.2. The highest BCUT2D eigenvalue weighted by atomic mass is 16.6. The first-order valence-electron chi connectivity index (χ1n) is 4.99. The Morgan fingerprint density at radius 1 is 1.44 bits per heavy atom. The normalized spacial score (nSPS) is 11.7. The van der Waals surface area contributed by atoms with E-state index in [2.05, 4.69) is 0 Å². The molecule has 1 aromatic heterocycles. The van der Waals surface area contributed by atoms with Gasteiger partial charge in [0.1, 0.15) is 5.60 Å². The molecule has 86 valence electrons. The van der Waals surface area contributed by atoms with Crippen LogP contribution in [0.4, 0.5) is 0 Å². The van der Waals surface area contributed by atoms with Crippen molar-refractivity contribution in [3.63, 3.8) is 0 Å². The van der Waals surface area contributed by atoms with E-state index in [4.69, 9.17) is 4.74 Å². The number of ether oxygens (including phenoxy) is 1. The van der Waals surface area contributed by atoms with Crippen LogP contribution >= 0.6 is 0 Å². The molecule has 1 N–H and O–H groups in total. The monoisotopic (exact) mass is 222 g/mol. The fourth-order valence-electron chi connectivity index (χ4n) is 1.07. The number of aromatic nitrogens is 1. The molecule has 0 fully saturated rings. The van der Waals surface area contributed by atoms with Crippen molar-refractivity contribution in [1.29, 1.82) is 0 Å². The van der Waals surface area contributed by atoms with Gasteiger partial charge < -0.3 is 4.74 Å². The van der Waals surface area contributed by atoms with Gasteiger partial charge in [0, 0.05) is 29.0 Å². The van der Waals surface area contributed by atoms with Crippen LogP contribution in [-0.2, 0) is 9.53 Å². The van der Waals surface area contributed by atoms with E-state index >= 15 is 0 Å². The number of hydrogen-bond donors (Lipinski definition) is 1. The van der Waals surface area contributed by atoms with Crippen molar-refractivity contribution in [1.82, 2.24) is 0 Å². The SMILES string of the molecule is CC(C)(C)OC(=O)/C=C\c1cccc[n+]1O. The molecule has 0 unspecified atom stereocenters. The van der Waals surface area contributed by atoms with E-state index in [1.54, 1.807) is 39.0 Å². The summed E-state index contributed by atoms with van der Waals surface area (Å²) in [5.74, 6) is -0.434. The molecule has 0 aliphatic carbocycles. The Bertz CT molecular complexity index is 405. The summed E-state index contributed by atoms with van der Waals surface area (Å²) in [7, 11) is 0. The Morgan fingerprint density at radius 2 is 2.12 bits per heavy atom. The summed E-state index contributed by atoms with van der Waals surface area (Å²) in [6.45, 7) is 5.40. The number of hydrogen-bond acceptors (Lipinski definition) is 3. The molecule has 0 aromatic carbocycles. The fourth-order valence-corrected chi connectivity index (χ4v) is 1.07. The first-order chi connectivity index (χ1) is 7.38. The van der Waals surface area contributed by atoms with Crippen molar-refractivity contribution >= 4 is 12.0 Å². The summed E-state index contributed by atoms with van der Waals surface area (Å²) < 4.78 is 6.01. The van der Waals surface area contributed by atoms with Gasteiger partial charge in [-0.3, -0.25) is 5.21 Å². The maximum Gasteiger partial charge on any atom is 0.331 e. The Morgan fingerprint density at radius 3 is 2.69 bits per heavy atom. The van der Waals surface area contributed by atoms with Crippen molar-refractivity contribution in [2.45, 2.75) is 26.4 Å². The minimum Gasteiger partial charge on any atom is -0.457 e. The lowest BCUT2D eigenvalue weighted by atomic mass is 10.2. The third kappa shape index (κ3) is 4.13. The summed E-state index contributed by atoms with van der Waals surface area (Å²) in [6, 6.07) is 5.13. The predicted octanol–water partition coefficient (Wildman–Crippen LogP) is 1.57. The maximum absolute atomic E-state index is 11.3. The summed E-state index contributed by atoms with van der Waals surface area (Å²) in [5.41, 5.74) is 0.00109. The summed E-state index contributed by atoms with van der Waals surface area (Å²) in [5, 5.41) is 9.37. The molecular formula is C12H16NO3+. The van der Waals surface area contributed by atoms with Gasteiger partial charge in [-0.15, -0.1) is 0 Å². The summed E-state index contributed by atoms with van der Waals surface area (Å²) in [6.07, 6.45) is 4.26. The van der Waals surface area contributed by atoms with Crippen LogP contribution in [0.15, 0.2) is 30.5 Å². The van der Waals surface area contributed by atoms with Crippen molar-refractivity contribution in [3.05, 3.63) is 36.2 Å². The highest BCUT2D eigenvalue weighted by Gasteiger charge is 2.14. The molecule has 1 aromatic rings. The van der Waals surface area contributed by atoms with E-state index in [0.29, 0.717) is 5.69 Å². The van der Waals surface area contributed by atoms with Crippen molar-refractivity contribution in [2.75, 3.05) is 0 Å². The number of esters is 1. The molecular weight excluding hydrogens is 206 g/mol. The Balaban J connectivity index is 2.68. The zero-order valence-corrected chi connectivity index (χ0v) is 9.68. The number of carbonyl (C=O) groups is 1. The molecule has 1 rings (SSSR count). The molecule has 0 bridgehead atoms. The van der Waals surface area contributed by atoms with E-state index in [1.165, 1.54) is 18.3 Å². The van der Waals surface area contributed by atoms with Crippen LogP contribution in [0.3, 0.4) is 0 Å². The van der Waals surface area contributed by atoms with Crippen LogP contribution in [0.25, 0.3) is 6.08 Å². The van der Waals surface area contributed by atoms with E-state index < -0.39 is 11.6 Å². The molecule has 0 aliphatic heterocycles. The highest BCUT2D eigenvalue weighted by Crippen LogP contribution is 2.07. The van der Waals surface area contributed by atoms with E-state index in [-0.39, 0.29) is 0 Å². The average molecular weight is 222 g/mol. The summed E-state index contributed by atoms with van der Waals surface area (Å²) in [4.78, 5) is 11.3. The molecule has 0 spiro atoms. The van der Waals surface area contributed by atoms with Crippen molar-refractivity contribution in [3.8, 4) is 0 Å². The van der Waals surface area contributed by atoms with E-state index in [1.807, 2.05) is 0 Å². The Hall–Kier alpha value is -1.84. The standard InChI is InChI=1S/C12H16NO3/c1-12(2,3)16-11(14)8-7-10-6-4-5-9-13(10)15/h4-9,15H,1-3H3/q+1/b8-7-. The number of rotatable bonds is 2. The molecule has 4 nitrogen and oxygen atoms in total. The minimum absolute atomic E-state index is 0.434. The first-order valence-corrected chi connectivity index (χ1v) is 4.99. The predicted molar refractivity (Wildman–Crippen MR) is 58.7 cm³/mol. The molecule has 0 atom stereocenters. The van der Waals surface area contributed by atoms with E-state index in [9.17, 15) is 10.0 Å². The molecule has 0 radical (unpaired) electrons. The maximum atomic E-state index is 11.3. The average Bonchev–Trinajstić information content (AvgIpc) is 2.14. The van der Waals surface area contributed by atoms with Gasteiger partial charge in [-0.2, -0.15) is 0 Å². The fraction of sp³-hybridized carbons (Fsp3) is 0.333. The van der Waals surface area contributed by atoms with Gasteiger partial charge in [-0.1, -0.05) is 0 Å². The number of nitrogens with zero attached hydrogens (tertiary/aromatic N) is 1. The van der Waals surface area contributed by atoms with Gasteiger partial charge in [0.25, 0.3) is 5.69 Å².